The second-order valence-corrected chi connectivity index (χ2v) is 4.81. The molecule has 0 aliphatic rings. The van der Waals surface area contributed by atoms with Gasteiger partial charge in [-0.2, -0.15) is 0 Å². The number of carbonyl (C=O) groups excluding carboxylic acids is 1. The van der Waals surface area contributed by atoms with Gasteiger partial charge < -0.3 is 5.73 Å². The van der Waals surface area contributed by atoms with Crippen LogP contribution in [0.25, 0.3) is 0 Å². The highest BCUT2D eigenvalue weighted by molar-refractivity contribution is 5.91. The predicted octanol–water partition coefficient (Wildman–Crippen LogP) is 3.58. The molecule has 2 N–H and O–H groups in total. The molecule has 1 amide bonds. The van der Waals surface area contributed by atoms with Crippen molar-refractivity contribution in [1.82, 2.24) is 0 Å². The largest absolute Gasteiger partial charge is 0.366 e. The van der Waals surface area contributed by atoms with Crippen molar-refractivity contribution in [2.45, 2.75) is 53.4 Å². The van der Waals surface area contributed by atoms with E-state index in [1.807, 2.05) is 6.08 Å². The van der Waals surface area contributed by atoms with Crippen molar-refractivity contribution in [3.8, 4) is 0 Å². The fourth-order valence-corrected chi connectivity index (χ4v) is 1.38. The molecule has 0 atom stereocenters. The molecule has 0 saturated heterocycles. The number of rotatable bonds is 7. The van der Waals surface area contributed by atoms with Crippen molar-refractivity contribution in [1.29, 1.82) is 0 Å². The lowest BCUT2D eigenvalue weighted by atomic mass is 10.0. The molecule has 92 valence electrons. The molecule has 0 radical (unpaired) electrons. The Bertz CT molecular complexity index is 274. The Morgan fingerprint density at radius 1 is 1.19 bits per heavy atom. The normalized spacial score (nSPS) is 13.3. The Hall–Kier alpha value is -1.05. The lowest BCUT2D eigenvalue weighted by molar-refractivity contribution is -0.114. The Morgan fingerprint density at radius 3 is 2.31 bits per heavy atom. The summed E-state index contributed by atoms with van der Waals surface area (Å²) < 4.78 is 0. The summed E-state index contributed by atoms with van der Waals surface area (Å²) in [5, 5.41) is 0. The van der Waals surface area contributed by atoms with Crippen LogP contribution in [0.1, 0.15) is 53.4 Å². The van der Waals surface area contributed by atoms with Crippen molar-refractivity contribution in [2.24, 2.45) is 11.7 Å². The topological polar surface area (TPSA) is 43.1 Å². The van der Waals surface area contributed by atoms with Crippen molar-refractivity contribution in [2.75, 3.05) is 0 Å². The quantitative estimate of drug-likeness (QED) is 0.520. The number of hydrogen-bond acceptors (Lipinski definition) is 1. The Morgan fingerprint density at radius 2 is 1.81 bits per heavy atom. The number of nitrogens with two attached hydrogens (primary N) is 1. The zero-order valence-corrected chi connectivity index (χ0v) is 11.0. The number of carbonyl (C=O) groups is 1. The van der Waals surface area contributed by atoms with Crippen molar-refractivity contribution in [3.05, 3.63) is 23.3 Å². The lowest BCUT2D eigenvalue weighted by Gasteiger charge is -2.02. The van der Waals surface area contributed by atoms with Crippen LogP contribution in [-0.4, -0.2) is 5.91 Å². The van der Waals surface area contributed by atoms with Gasteiger partial charge in [0.2, 0.25) is 5.91 Å². The van der Waals surface area contributed by atoms with Gasteiger partial charge >= 0.3 is 0 Å². The highest BCUT2D eigenvalue weighted by Gasteiger charge is 1.96. The van der Waals surface area contributed by atoms with Crippen LogP contribution >= 0.6 is 0 Å². The minimum absolute atomic E-state index is 0.318. The molecule has 0 unspecified atom stereocenters. The van der Waals surface area contributed by atoms with Gasteiger partial charge in [-0.3, -0.25) is 4.79 Å². The highest BCUT2D eigenvalue weighted by atomic mass is 16.1. The number of hydrogen-bond donors (Lipinski definition) is 1. The molecule has 0 heterocycles. The summed E-state index contributed by atoms with van der Waals surface area (Å²) in [6.45, 7) is 8.39. The molecule has 0 spiro atoms. The maximum absolute atomic E-state index is 10.8. The molecular weight excluding hydrogens is 198 g/mol. The number of allylic oxidation sites excluding steroid dienone is 3. The molecule has 2 heteroatoms. The van der Waals surface area contributed by atoms with Crippen molar-refractivity contribution < 1.29 is 4.79 Å². The second-order valence-electron chi connectivity index (χ2n) is 4.81. The third-order valence-electron chi connectivity index (χ3n) is 2.61. The van der Waals surface area contributed by atoms with Gasteiger partial charge in [0.05, 0.1) is 0 Å². The zero-order valence-electron chi connectivity index (χ0n) is 11.0. The maximum atomic E-state index is 10.8. The van der Waals surface area contributed by atoms with Gasteiger partial charge in [-0.05, 0) is 45.4 Å². The first-order chi connectivity index (χ1) is 7.43. The van der Waals surface area contributed by atoms with Crippen LogP contribution < -0.4 is 5.73 Å². The molecule has 0 aliphatic heterocycles. The number of amides is 1. The van der Waals surface area contributed by atoms with E-state index in [-0.39, 0.29) is 5.91 Å². The average molecular weight is 223 g/mol. The minimum Gasteiger partial charge on any atom is -0.366 e. The van der Waals surface area contributed by atoms with Crippen LogP contribution in [0.15, 0.2) is 23.3 Å². The van der Waals surface area contributed by atoms with Gasteiger partial charge in [0.15, 0.2) is 0 Å². The van der Waals surface area contributed by atoms with Gasteiger partial charge in [0, 0.05) is 5.57 Å². The van der Waals surface area contributed by atoms with Gasteiger partial charge in [-0.25, -0.2) is 0 Å². The minimum atomic E-state index is -0.318. The molecule has 0 saturated carbocycles. The molecule has 0 fully saturated rings. The predicted molar refractivity (Wildman–Crippen MR) is 70.0 cm³/mol. The first-order valence-electron chi connectivity index (χ1n) is 6.05. The van der Waals surface area contributed by atoms with Crippen LogP contribution in [0.3, 0.4) is 0 Å². The van der Waals surface area contributed by atoms with Crippen molar-refractivity contribution >= 4 is 5.91 Å². The van der Waals surface area contributed by atoms with E-state index in [2.05, 4.69) is 26.8 Å². The van der Waals surface area contributed by atoms with E-state index in [1.54, 1.807) is 6.92 Å². The molecule has 0 aliphatic carbocycles. The third-order valence-corrected chi connectivity index (χ3v) is 2.61. The summed E-state index contributed by atoms with van der Waals surface area (Å²) in [4.78, 5) is 10.8. The van der Waals surface area contributed by atoms with Gasteiger partial charge in [-0.1, -0.05) is 31.6 Å². The standard InChI is InChI=1S/C14H25NO/c1-11(2)7-5-8-12(3)9-6-10-13(4)14(15)16/h8,10-11H,5-7,9H2,1-4H3,(H2,15,16)/b12-8+,13-10+. The van der Waals surface area contributed by atoms with E-state index >= 15 is 0 Å². The van der Waals surface area contributed by atoms with Crippen molar-refractivity contribution in [3.63, 3.8) is 0 Å². The summed E-state index contributed by atoms with van der Waals surface area (Å²) in [5.41, 5.74) is 7.20. The third kappa shape index (κ3) is 8.27. The fraction of sp³-hybridized carbons (Fsp3) is 0.643. The summed E-state index contributed by atoms with van der Waals surface area (Å²) in [6.07, 6.45) is 8.53. The van der Waals surface area contributed by atoms with Crippen LogP contribution in [0.2, 0.25) is 0 Å². The van der Waals surface area contributed by atoms with Crippen LogP contribution in [0.4, 0.5) is 0 Å². The summed E-state index contributed by atoms with van der Waals surface area (Å²) in [6, 6.07) is 0. The Kier molecular flexibility index (Phi) is 7.61. The van der Waals surface area contributed by atoms with Gasteiger partial charge in [-0.15, -0.1) is 0 Å². The lowest BCUT2D eigenvalue weighted by Crippen LogP contribution is -2.11. The Balaban J connectivity index is 3.84. The summed E-state index contributed by atoms with van der Waals surface area (Å²) in [7, 11) is 0. The van der Waals surface area contributed by atoms with E-state index in [0.29, 0.717) is 5.57 Å². The monoisotopic (exact) mass is 223 g/mol. The van der Waals surface area contributed by atoms with E-state index in [1.165, 1.54) is 12.0 Å². The molecular formula is C14H25NO. The van der Waals surface area contributed by atoms with Crippen LogP contribution in [0.5, 0.6) is 0 Å². The molecule has 0 aromatic carbocycles. The molecule has 0 aromatic rings. The molecule has 16 heavy (non-hydrogen) atoms. The van der Waals surface area contributed by atoms with E-state index in [9.17, 15) is 4.79 Å². The Labute approximate surface area is 99.6 Å². The molecule has 0 bridgehead atoms. The van der Waals surface area contributed by atoms with Gasteiger partial charge in [0.25, 0.3) is 0 Å². The SMILES string of the molecule is C/C(=C\CCC(C)C)CC/C=C(\C)C(N)=O. The van der Waals surface area contributed by atoms with E-state index in [0.717, 1.165) is 25.2 Å². The number of primary amides is 1. The smallest absolute Gasteiger partial charge is 0.244 e. The second kappa shape index (κ2) is 8.14. The maximum Gasteiger partial charge on any atom is 0.244 e. The van der Waals surface area contributed by atoms with Gasteiger partial charge in [0.1, 0.15) is 0 Å². The molecule has 2 nitrogen and oxygen atoms in total. The first-order valence-corrected chi connectivity index (χ1v) is 6.05. The fourth-order valence-electron chi connectivity index (χ4n) is 1.38. The first kappa shape index (κ1) is 14.9. The molecule has 0 aromatic heterocycles. The average Bonchev–Trinajstić information content (AvgIpc) is 2.16. The summed E-state index contributed by atoms with van der Waals surface area (Å²) >= 11 is 0. The summed E-state index contributed by atoms with van der Waals surface area (Å²) in [5.74, 6) is 0.447. The van der Waals surface area contributed by atoms with Crippen LogP contribution in [0, 0.1) is 5.92 Å². The van der Waals surface area contributed by atoms with Crippen LogP contribution in [-0.2, 0) is 4.79 Å². The van der Waals surface area contributed by atoms with E-state index < -0.39 is 0 Å². The highest BCUT2D eigenvalue weighted by Crippen LogP contribution is 2.11. The van der Waals surface area contributed by atoms with E-state index in [4.69, 9.17) is 5.73 Å². The zero-order chi connectivity index (χ0) is 12.6. The molecule has 0 rings (SSSR count).